The smallest absolute Gasteiger partial charge is 0.269 e. The van der Waals surface area contributed by atoms with Crippen LogP contribution in [0.3, 0.4) is 0 Å². The number of anilines is 1. The van der Waals surface area contributed by atoms with Crippen LogP contribution in [0.2, 0.25) is 0 Å². The number of methoxy groups -OCH3 is 2. The highest BCUT2D eigenvalue weighted by Gasteiger charge is 2.13. The first kappa shape index (κ1) is 18.0. The van der Waals surface area contributed by atoms with Gasteiger partial charge in [0.25, 0.3) is 5.91 Å². The van der Waals surface area contributed by atoms with Crippen LogP contribution in [-0.2, 0) is 0 Å². The van der Waals surface area contributed by atoms with Crippen LogP contribution in [0.15, 0.2) is 42.5 Å². The van der Waals surface area contributed by atoms with E-state index < -0.39 is 0 Å². The number of fused-ring (bicyclic) bond motifs is 2. The SMILES string of the molecule is COc1cc(OC)c2nc(NNC(=O)c3ccc4nc(C)ccc4c3)sc2c1. The van der Waals surface area contributed by atoms with Crippen molar-refractivity contribution in [2.45, 2.75) is 6.92 Å². The highest BCUT2D eigenvalue weighted by atomic mass is 32.1. The molecular weight excluding hydrogens is 376 g/mol. The number of ether oxygens (including phenoxy) is 2. The molecule has 7 nitrogen and oxygen atoms in total. The number of thiazole rings is 1. The number of carbonyl (C=O) groups excluding carboxylic acids is 1. The van der Waals surface area contributed by atoms with Gasteiger partial charge in [-0.05, 0) is 37.3 Å². The Bertz CT molecular complexity index is 1190. The predicted octanol–water partition coefficient (Wildman–Crippen LogP) is 3.93. The minimum atomic E-state index is -0.258. The Kier molecular flexibility index (Phi) is 4.70. The van der Waals surface area contributed by atoms with Gasteiger partial charge in [0, 0.05) is 22.7 Å². The van der Waals surface area contributed by atoms with Crippen molar-refractivity contribution in [3.8, 4) is 11.5 Å². The van der Waals surface area contributed by atoms with E-state index in [-0.39, 0.29) is 5.91 Å². The molecule has 8 heteroatoms. The summed E-state index contributed by atoms with van der Waals surface area (Å²) in [5.74, 6) is 1.04. The molecule has 142 valence electrons. The Morgan fingerprint density at radius 1 is 1.04 bits per heavy atom. The van der Waals surface area contributed by atoms with E-state index >= 15 is 0 Å². The maximum atomic E-state index is 12.5. The van der Waals surface area contributed by atoms with Crippen LogP contribution in [0.25, 0.3) is 21.1 Å². The third-order valence-corrected chi connectivity index (χ3v) is 5.18. The summed E-state index contributed by atoms with van der Waals surface area (Å²) in [4.78, 5) is 21.4. The first-order valence-corrected chi connectivity index (χ1v) is 9.35. The van der Waals surface area contributed by atoms with Crippen LogP contribution in [0.5, 0.6) is 11.5 Å². The molecule has 0 aliphatic rings. The number of carbonyl (C=O) groups is 1. The van der Waals surface area contributed by atoms with Crippen LogP contribution in [-0.4, -0.2) is 30.1 Å². The van der Waals surface area contributed by atoms with E-state index in [0.717, 1.165) is 21.3 Å². The molecule has 0 aliphatic carbocycles. The van der Waals surface area contributed by atoms with E-state index in [4.69, 9.17) is 9.47 Å². The van der Waals surface area contributed by atoms with Gasteiger partial charge in [0.2, 0.25) is 5.13 Å². The number of nitrogens with zero attached hydrogens (tertiary/aromatic N) is 2. The van der Waals surface area contributed by atoms with E-state index in [2.05, 4.69) is 20.8 Å². The topological polar surface area (TPSA) is 85.4 Å². The third-order valence-electron chi connectivity index (χ3n) is 4.26. The Morgan fingerprint density at radius 2 is 1.89 bits per heavy atom. The van der Waals surface area contributed by atoms with Crippen molar-refractivity contribution < 1.29 is 14.3 Å². The maximum absolute atomic E-state index is 12.5. The second-order valence-electron chi connectivity index (χ2n) is 6.13. The molecule has 0 radical (unpaired) electrons. The normalized spacial score (nSPS) is 10.8. The summed E-state index contributed by atoms with van der Waals surface area (Å²) in [6, 6.07) is 12.9. The third kappa shape index (κ3) is 3.41. The lowest BCUT2D eigenvalue weighted by Crippen LogP contribution is -2.29. The molecule has 2 N–H and O–H groups in total. The number of nitrogens with one attached hydrogen (secondary N) is 2. The van der Waals surface area contributed by atoms with Crippen molar-refractivity contribution >= 4 is 43.5 Å². The van der Waals surface area contributed by atoms with Gasteiger partial charge in [-0.25, -0.2) is 4.98 Å². The van der Waals surface area contributed by atoms with Crippen LogP contribution < -0.4 is 20.3 Å². The molecule has 0 aliphatic heterocycles. The lowest BCUT2D eigenvalue weighted by atomic mass is 10.1. The van der Waals surface area contributed by atoms with Crippen LogP contribution in [0, 0.1) is 6.92 Å². The summed E-state index contributed by atoms with van der Waals surface area (Å²) in [7, 11) is 3.18. The van der Waals surface area contributed by atoms with E-state index in [1.807, 2.05) is 37.3 Å². The van der Waals surface area contributed by atoms with Crippen LogP contribution in [0.4, 0.5) is 5.13 Å². The van der Waals surface area contributed by atoms with E-state index in [9.17, 15) is 4.79 Å². The van der Waals surface area contributed by atoms with E-state index in [1.165, 1.54) is 11.3 Å². The standard InChI is InChI=1S/C20H18N4O3S/c1-11-4-5-12-8-13(6-7-15(12)21-11)19(25)23-24-20-22-18-16(27-3)9-14(26-2)10-17(18)28-20/h4-10H,1-3H3,(H,22,24)(H,23,25). The minimum Gasteiger partial charge on any atom is -0.497 e. The van der Waals surface area contributed by atoms with Crippen molar-refractivity contribution in [1.29, 1.82) is 0 Å². The fourth-order valence-corrected chi connectivity index (χ4v) is 3.72. The summed E-state index contributed by atoms with van der Waals surface area (Å²) in [5.41, 5.74) is 8.60. The van der Waals surface area contributed by atoms with Crippen molar-refractivity contribution in [3.05, 3.63) is 53.7 Å². The van der Waals surface area contributed by atoms with Gasteiger partial charge in [0.15, 0.2) is 0 Å². The van der Waals surface area contributed by atoms with Crippen LogP contribution >= 0.6 is 11.3 Å². The van der Waals surface area contributed by atoms with Gasteiger partial charge in [-0.1, -0.05) is 17.4 Å². The lowest BCUT2D eigenvalue weighted by molar-refractivity contribution is 0.0963. The fraction of sp³-hybridized carbons (Fsp3) is 0.150. The summed E-state index contributed by atoms with van der Waals surface area (Å²) >= 11 is 1.39. The number of benzene rings is 2. The molecule has 0 fully saturated rings. The lowest BCUT2D eigenvalue weighted by Gasteiger charge is -2.06. The first-order valence-electron chi connectivity index (χ1n) is 8.53. The highest BCUT2D eigenvalue weighted by molar-refractivity contribution is 7.22. The molecule has 4 rings (SSSR count). The first-order chi connectivity index (χ1) is 13.6. The zero-order chi connectivity index (χ0) is 19.7. The highest BCUT2D eigenvalue weighted by Crippen LogP contribution is 2.35. The molecule has 4 aromatic rings. The van der Waals surface area contributed by atoms with E-state index in [1.54, 1.807) is 26.4 Å². The minimum absolute atomic E-state index is 0.258. The molecular formula is C20H18N4O3S. The number of aryl methyl sites for hydroxylation is 1. The van der Waals surface area contributed by atoms with Gasteiger partial charge in [-0.15, -0.1) is 0 Å². The van der Waals surface area contributed by atoms with Gasteiger partial charge in [-0.2, -0.15) is 0 Å². The second kappa shape index (κ2) is 7.32. The van der Waals surface area contributed by atoms with Crippen molar-refractivity contribution in [2.75, 3.05) is 19.6 Å². The molecule has 2 aromatic heterocycles. The largest absolute Gasteiger partial charge is 0.497 e. The number of hydrogen-bond donors (Lipinski definition) is 2. The zero-order valence-electron chi connectivity index (χ0n) is 15.6. The second-order valence-corrected chi connectivity index (χ2v) is 7.17. The summed E-state index contributed by atoms with van der Waals surface area (Å²) in [6.07, 6.45) is 0. The molecule has 0 saturated carbocycles. The number of pyridine rings is 1. The predicted molar refractivity (Wildman–Crippen MR) is 110 cm³/mol. The molecule has 0 atom stereocenters. The summed E-state index contributed by atoms with van der Waals surface area (Å²) < 4.78 is 11.5. The molecule has 0 unspecified atom stereocenters. The Balaban J connectivity index is 1.54. The number of rotatable bonds is 5. The average molecular weight is 394 g/mol. The van der Waals surface area contributed by atoms with Gasteiger partial charge >= 0.3 is 0 Å². The quantitative estimate of drug-likeness (QED) is 0.499. The molecule has 0 bridgehead atoms. The Labute approximate surface area is 165 Å². The molecule has 1 amide bonds. The van der Waals surface area contributed by atoms with Gasteiger partial charge in [0.1, 0.15) is 17.0 Å². The van der Waals surface area contributed by atoms with Crippen molar-refractivity contribution in [2.24, 2.45) is 0 Å². The number of aromatic nitrogens is 2. The molecule has 0 saturated heterocycles. The Morgan fingerprint density at radius 3 is 2.68 bits per heavy atom. The molecule has 2 aromatic carbocycles. The van der Waals surface area contributed by atoms with Crippen molar-refractivity contribution in [3.63, 3.8) is 0 Å². The summed E-state index contributed by atoms with van der Waals surface area (Å²) in [5, 5.41) is 1.46. The van der Waals surface area contributed by atoms with E-state index in [0.29, 0.717) is 27.7 Å². The molecule has 2 heterocycles. The monoisotopic (exact) mass is 394 g/mol. The van der Waals surface area contributed by atoms with Crippen LogP contribution in [0.1, 0.15) is 16.1 Å². The van der Waals surface area contributed by atoms with Gasteiger partial charge < -0.3 is 9.47 Å². The Hall–Kier alpha value is -3.39. The number of amides is 1. The average Bonchev–Trinajstić information content (AvgIpc) is 3.13. The summed E-state index contributed by atoms with van der Waals surface area (Å²) in [6.45, 7) is 1.94. The van der Waals surface area contributed by atoms with Crippen molar-refractivity contribution in [1.82, 2.24) is 15.4 Å². The maximum Gasteiger partial charge on any atom is 0.269 e. The number of hydrazine groups is 1. The molecule has 0 spiro atoms. The molecule has 28 heavy (non-hydrogen) atoms. The fourth-order valence-electron chi connectivity index (χ4n) is 2.85. The van der Waals surface area contributed by atoms with Gasteiger partial charge in [0.05, 0.1) is 24.4 Å². The number of hydrogen-bond acceptors (Lipinski definition) is 7. The zero-order valence-corrected chi connectivity index (χ0v) is 16.4. The van der Waals surface area contributed by atoms with Gasteiger partial charge in [-0.3, -0.25) is 20.6 Å².